The Kier molecular flexibility index (Phi) is 5.48. The van der Waals surface area contributed by atoms with Crippen LogP contribution in [0.3, 0.4) is 0 Å². The summed E-state index contributed by atoms with van der Waals surface area (Å²) in [5.74, 6) is -0.125. The number of anilines is 1. The van der Waals surface area contributed by atoms with Crippen molar-refractivity contribution in [3.8, 4) is 0 Å². The molecule has 0 radical (unpaired) electrons. The van der Waals surface area contributed by atoms with Crippen molar-refractivity contribution in [2.24, 2.45) is 0 Å². The molecule has 0 saturated carbocycles. The second-order valence-electron chi connectivity index (χ2n) is 6.21. The Labute approximate surface area is 157 Å². The van der Waals surface area contributed by atoms with E-state index in [1.807, 2.05) is 0 Å². The number of nitrogens with one attached hydrogen (secondary N) is 2. The third-order valence-corrected chi connectivity index (χ3v) is 4.02. The minimum Gasteiger partial charge on any atom is -0.352 e. The predicted molar refractivity (Wildman–Crippen MR) is 94.3 cm³/mol. The lowest BCUT2D eigenvalue weighted by Crippen LogP contribution is -2.16. The van der Waals surface area contributed by atoms with E-state index in [9.17, 15) is 22.4 Å². The Morgan fingerprint density at radius 3 is 2.54 bits per heavy atom. The molecule has 2 aromatic heterocycles. The predicted octanol–water partition coefficient (Wildman–Crippen LogP) is 3.29. The molecule has 0 aliphatic rings. The molecule has 0 amide bonds. The number of halogens is 4. The van der Waals surface area contributed by atoms with Gasteiger partial charge in [-0.2, -0.15) is 18.3 Å². The van der Waals surface area contributed by atoms with E-state index in [0.29, 0.717) is 17.9 Å². The molecule has 0 atom stereocenters. The van der Waals surface area contributed by atoms with Gasteiger partial charge in [0.15, 0.2) is 5.69 Å². The lowest BCUT2D eigenvalue weighted by Gasteiger charge is -2.08. The smallest absolute Gasteiger partial charge is 0.352 e. The Morgan fingerprint density at radius 1 is 1.18 bits per heavy atom. The molecule has 0 unspecified atom stereocenters. The Morgan fingerprint density at radius 2 is 1.89 bits per heavy atom. The van der Waals surface area contributed by atoms with Gasteiger partial charge in [0.05, 0.1) is 5.69 Å². The van der Waals surface area contributed by atoms with Crippen molar-refractivity contribution >= 4 is 5.95 Å². The van der Waals surface area contributed by atoms with Gasteiger partial charge in [0.1, 0.15) is 5.82 Å². The average Bonchev–Trinajstić information content (AvgIpc) is 3.00. The maximum Gasteiger partial charge on any atom is 0.435 e. The Bertz CT molecular complexity index is 1010. The van der Waals surface area contributed by atoms with Crippen LogP contribution in [0.2, 0.25) is 0 Å². The molecule has 0 saturated heterocycles. The normalized spacial score (nSPS) is 11.6. The van der Waals surface area contributed by atoms with E-state index in [0.717, 1.165) is 11.6 Å². The lowest BCUT2D eigenvalue weighted by molar-refractivity contribution is -0.141. The van der Waals surface area contributed by atoms with Crippen molar-refractivity contribution in [2.45, 2.75) is 32.6 Å². The second kappa shape index (κ2) is 7.83. The fourth-order valence-electron chi connectivity index (χ4n) is 2.60. The number of benzene rings is 1. The quantitative estimate of drug-likeness (QED) is 0.628. The number of aromatic nitrogens is 4. The molecule has 0 aliphatic carbocycles. The van der Waals surface area contributed by atoms with Crippen LogP contribution >= 0.6 is 0 Å². The van der Waals surface area contributed by atoms with Crippen LogP contribution in [0.5, 0.6) is 0 Å². The summed E-state index contributed by atoms with van der Waals surface area (Å²) in [7, 11) is 0. The molecule has 3 aromatic rings. The Balaban J connectivity index is 1.67. The zero-order valence-corrected chi connectivity index (χ0v) is 14.8. The molecular weight excluding hydrogens is 378 g/mol. The summed E-state index contributed by atoms with van der Waals surface area (Å²) in [6.45, 7) is 2.00. The van der Waals surface area contributed by atoms with Crippen LogP contribution in [-0.4, -0.2) is 19.7 Å². The van der Waals surface area contributed by atoms with Crippen LogP contribution in [0.4, 0.5) is 23.5 Å². The highest BCUT2D eigenvalue weighted by Gasteiger charge is 2.34. The first-order valence-electron chi connectivity index (χ1n) is 8.41. The molecular formula is C18H17F4N5O. The van der Waals surface area contributed by atoms with Gasteiger partial charge in [0, 0.05) is 31.3 Å². The molecule has 148 valence electrons. The summed E-state index contributed by atoms with van der Waals surface area (Å²) in [5.41, 5.74) is 0.229. The van der Waals surface area contributed by atoms with E-state index in [4.69, 9.17) is 0 Å². The van der Waals surface area contributed by atoms with Crippen molar-refractivity contribution < 1.29 is 17.6 Å². The van der Waals surface area contributed by atoms with Crippen molar-refractivity contribution in [1.29, 1.82) is 0 Å². The molecule has 1 aromatic carbocycles. The number of aryl methyl sites for hydroxylation is 3. The fourth-order valence-corrected chi connectivity index (χ4v) is 2.60. The fraction of sp³-hybridized carbons (Fsp3) is 0.278. The van der Waals surface area contributed by atoms with E-state index in [1.165, 1.54) is 29.8 Å². The summed E-state index contributed by atoms with van der Waals surface area (Å²) >= 11 is 0. The van der Waals surface area contributed by atoms with Gasteiger partial charge in [0.2, 0.25) is 5.95 Å². The van der Waals surface area contributed by atoms with Crippen LogP contribution in [0, 0.1) is 12.7 Å². The minimum atomic E-state index is -4.50. The highest BCUT2D eigenvalue weighted by atomic mass is 19.4. The van der Waals surface area contributed by atoms with Crippen LogP contribution in [0.15, 0.2) is 41.2 Å². The maximum atomic E-state index is 12.9. The highest BCUT2D eigenvalue weighted by molar-refractivity contribution is 5.28. The van der Waals surface area contributed by atoms with E-state index in [1.54, 1.807) is 12.1 Å². The van der Waals surface area contributed by atoms with E-state index < -0.39 is 11.9 Å². The highest BCUT2D eigenvalue weighted by Crippen LogP contribution is 2.28. The number of rotatable bonds is 6. The summed E-state index contributed by atoms with van der Waals surface area (Å²) in [5, 5.41) is 6.49. The van der Waals surface area contributed by atoms with Gasteiger partial charge in [-0.1, -0.05) is 12.1 Å². The van der Waals surface area contributed by atoms with Crippen LogP contribution < -0.4 is 10.9 Å². The van der Waals surface area contributed by atoms with Crippen molar-refractivity contribution in [2.75, 3.05) is 5.32 Å². The van der Waals surface area contributed by atoms with Gasteiger partial charge < -0.3 is 5.32 Å². The largest absolute Gasteiger partial charge is 0.435 e. The zero-order chi connectivity index (χ0) is 20.3. The third kappa shape index (κ3) is 4.96. The van der Waals surface area contributed by atoms with E-state index >= 15 is 0 Å². The molecule has 0 bridgehead atoms. The third-order valence-electron chi connectivity index (χ3n) is 4.02. The molecule has 2 N–H and O–H groups in total. The van der Waals surface area contributed by atoms with Crippen LogP contribution in [0.25, 0.3) is 0 Å². The average molecular weight is 395 g/mol. The molecule has 0 aliphatic heterocycles. The number of alkyl halides is 3. The van der Waals surface area contributed by atoms with Gasteiger partial charge in [0.25, 0.3) is 5.56 Å². The molecule has 0 spiro atoms. The van der Waals surface area contributed by atoms with Gasteiger partial charge in [-0.3, -0.25) is 14.5 Å². The minimum absolute atomic E-state index is 0.149. The van der Waals surface area contributed by atoms with Gasteiger partial charge in [-0.15, -0.1) is 0 Å². The maximum absolute atomic E-state index is 12.9. The first-order chi connectivity index (χ1) is 13.2. The van der Waals surface area contributed by atoms with Gasteiger partial charge in [-0.25, -0.2) is 9.37 Å². The molecule has 0 fully saturated rings. The van der Waals surface area contributed by atoms with Crippen molar-refractivity contribution in [1.82, 2.24) is 19.7 Å². The van der Waals surface area contributed by atoms with Gasteiger partial charge >= 0.3 is 6.18 Å². The van der Waals surface area contributed by atoms with E-state index in [-0.39, 0.29) is 30.3 Å². The number of hydrogen-bond acceptors (Lipinski definition) is 4. The number of aromatic amines is 1. The molecule has 28 heavy (non-hydrogen) atoms. The number of H-pyrrole nitrogens is 1. The van der Waals surface area contributed by atoms with Crippen LogP contribution in [-0.2, 0) is 25.7 Å². The monoisotopic (exact) mass is 395 g/mol. The number of nitrogens with zero attached hydrogens (tertiary/aromatic N) is 3. The first kappa shape index (κ1) is 19.6. The summed E-state index contributed by atoms with van der Waals surface area (Å²) in [6.07, 6.45) is -4.27. The SMILES string of the molecule is Cc1cc(C(F)(F)F)nn1CCc1cc(=O)[nH]c(NCc2ccc(F)cc2)n1. The number of hydrogen-bond donors (Lipinski definition) is 2. The van der Waals surface area contributed by atoms with Crippen molar-refractivity contribution in [3.05, 3.63) is 75.2 Å². The summed E-state index contributed by atoms with van der Waals surface area (Å²) in [6, 6.07) is 8.11. The summed E-state index contributed by atoms with van der Waals surface area (Å²) in [4.78, 5) is 18.6. The van der Waals surface area contributed by atoms with Gasteiger partial charge in [-0.05, 0) is 30.7 Å². The second-order valence-corrected chi connectivity index (χ2v) is 6.21. The molecule has 3 rings (SSSR count). The topological polar surface area (TPSA) is 75.6 Å². The molecule has 6 nitrogen and oxygen atoms in total. The summed E-state index contributed by atoms with van der Waals surface area (Å²) < 4.78 is 52.4. The zero-order valence-electron chi connectivity index (χ0n) is 14.8. The lowest BCUT2D eigenvalue weighted by atomic mass is 10.2. The van der Waals surface area contributed by atoms with E-state index in [2.05, 4.69) is 20.4 Å². The Hall–Kier alpha value is -3.17. The van der Waals surface area contributed by atoms with Crippen LogP contribution in [0.1, 0.15) is 22.6 Å². The standard InChI is InChI=1S/C18H17F4N5O/c1-11-8-15(18(20,21)22)26-27(11)7-6-14-9-16(28)25-17(24-14)23-10-12-2-4-13(19)5-3-12/h2-5,8-9H,6-7,10H2,1H3,(H2,23,24,25,28). The molecule has 10 heteroatoms. The first-order valence-corrected chi connectivity index (χ1v) is 8.41. The molecule has 2 heterocycles. The van der Waals surface area contributed by atoms with Crippen molar-refractivity contribution in [3.63, 3.8) is 0 Å².